The molecule has 1 unspecified atom stereocenters. The van der Waals surface area contributed by atoms with E-state index in [2.05, 4.69) is 21.2 Å². The zero-order valence-corrected chi connectivity index (χ0v) is 11.4. The number of hydrogen-bond donors (Lipinski definition) is 1. The maximum Gasteiger partial charge on any atom is 0.178 e. The van der Waals surface area contributed by atoms with Crippen LogP contribution in [0.3, 0.4) is 0 Å². The van der Waals surface area contributed by atoms with Crippen molar-refractivity contribution in [3.8, 4) is 0 Å². The van der Waals surface area contributed by atoms with Gasteiger partial charge in [-0.1, -0.05) is 22.9 Å². The molecule has 0 bridgehead atoms. The molecule has 2 rings (SSSR count). The number of fused-ring (bicyclic) bond motifs is 1. The molecule has 1 aliphatic rings. The van der Waals surface area contributed by atoms with E-state index in [1.165, 1.54) is 0 Å². The summed E-state index contributed by atoms with van der Waals surface area (Å²) in [6.45, 7) is 2.87. The zero-order valence-electron chi connectivity index (χ0n) is 9.03. The van der Waals surface area contributed by atoms with Crippen molar-refractivity contribution in [1.29, 1.82) is 0 Å². The third-order valence-corrected chi connectivity index (χ3v) is 5.12. The maximum absolute atomic E-state index is 11.9. The van der Waals surface area contributed by atoms with E-state index in [0.717, 1.165) is 16.6 Å². The van der Waals surface area contributed by atoms with Gasteiger partial charge >= 0.3 is 0 Å². The second-order valence-corrected chi connectivity index (χ2v) is 6.89. The average molecular weight is 304 g/mol. The van der Waals surface area contributed by atoms with Crippen molar-refractivity contribution >= 4 is 25.8 Å². The second kappa shape index (κ2) is 4.47. The Morgan fingerprint density at radius 3 is 2.94 bits per heavy atom. The van der Waals surface area contributed by atoms with Crippen molar-refractivity contribution in [3.63, 3.8) is 0 Å². The normalized spacial score (nSPS) is 22.8. The third-order valence-electron chi connectivity index (χ3n) is 2.81. The Balaban J connectivity index is 2.54. The molecule has 0 amide bonds. The van der Waals surface area contributed by atoms with E-state index >= 15 is 0 Å². The van der Waals surface area contributed by atoms with Crippen LogP contribution in [0, 0.1) is 0 Å². The van der Waals surface area contributed by atoms with Gasteiger partial charge in [0.2, 0.25) is 0 Å². The molecule has 1 aliphatic heterocycles. The van der Waals surface area contributed by atoms with Crippen molar-refractivity contribution in [2.45, 2.75) is 24.3 Å². The molecule has 0 fully saturated rings. The summed E-state index contributed by atoms with van der Waals surface area (Å²) in [5.41, 5.74) is 0.891. The molecule has 1 aromatic carbocycles. The largest absolute Gasteiger partial charge is 0.310 e. The molecule has 3 nitrogen and oxygen atoms in total. The van der Waals surface area contributed by atoms with Gasteiger partial charge in [0.25, 0.3) is 0 Å². The summed E-state index contributed by atoms with van der Waals surface area (Å²) < 4.78 is 24.7. The first kappa shape index (κ1) is 12.1. The first-order chi connectivity index (χ1) is 7.54. The lowest BCUT2D eigenvalue weighted by molar-refractivity contribution is 0.504. The van der Waals surface area contributed by atoms with Crippen LogP contribution in [0.2, 0.25) is 0 Å². The molecule has 16 heavy (non-hydrogen) atoms. The molecule has 0 aromatic heterocycles. The summed E-state index contributed by atoms with van der Waals surface area (Å²) >= 11 is 3.38. The van der Waals surface area contributed by atoms with Gasteiger partial charge in [-0.2, -0.15) is 0 Å². The van der Waals surface area contributed by atoms with Gasteiger partial charge < -0.3 is 5.32 Å². The molecule has 5 heteroatoms. The van der Waals surface area contributed by atoms with Gasteiger partial charge in [0.15, 0.2) is 9.84 Å². The molecule has 0 saturated carbocycles. The molecule has 1 N–H and O–H groups in total. The van der Waals surface area contributed by atoms with Crippen molar-refractivity contribution < 1.29 is 8.42 Å². The van der Waals surface area contributed by atoms with E-state index in [9.17, 15) is 8.42 Å². The van der Waals surface area contributed by atoms with Gasteiger partial charge in [-0.3, -0.25) is 0 Å². The van der Waals surface area contributed by atoms with Crippen LogP contribution in [0.5, 0.6) is 0 Å². The molecule has 0 radical (unpaired) electrons. The summed E-state index contributed by atoms with van der Waals surface area (Å²) in [6, 6.07) is 5.53. The Morgan fingerprint density at radius 2 is 2.25 bits per heavy atom. The Hall–Kier alpha value is -0.390. The standard InChI is InChI=1S/C11H14BrNO2S/c1-2-13-10-5-6-16(14,15)11-4-3-8(12)7-9(10)11/h3-4,7,10,13H,2,5-6H2,1H3. The average Bonchev–Trinajstić information content (AvgIpc) is 2.22. The predicted octanol–water partition coefficient (Wildman–Crippen LogP) is 2.28. The van der Waals surface area contributed by atoms with Gasteiger partial charge in [0, 0.05) is 10.5 Å². The Morgan fingerprint density at radius 1 is 1.50 bits per heavy atom. The van der Waals surface area contributed by atoms with E-state index < -0.39 is 9.84 Å². The number of nitrogens with one attached hydrogen (secondary N) is 1. The van der Waals surface area contributed by atoms with Crippen LogP contribution in [0.4, 0.5) is 0 Å². The Labute approximate surface area is 104 Å². The van der Waals surface area contributed by atoms with Crippen LogP contribution >= 0.6 is 15.9 Å². The van der Waals surface area contributed by atoms with Gasteiger partial charge in [0.1, 0.15) is 0 Å². The van der Waals surface area contributed by atoms with Gasteiger partial charge in [-0.15, -0.1) is 0 Å². The van der Waals surface area contributed by atoms with E-state index in [1.807, 2.05) is 13.0 Å². The van der Waals surface area contributed by atoms with Gasteiger partial charge in [0.05, 0.1) is 10.6 Å². The summed E-state index contributed by atoms with van der Waals surface area (Å²) in [5.74, 6) is 0.235. The lowest BCUT2D eigenvalue weighted by atomic mass is 10.0. The smallest absolute Gasteiger partial charge is 0.178 e. The SMILES string of the molecule is CCNC1CCS(=O)(=O)c2ccc(Br)cc21. The molecular formula is C11H14BrNO2S. The highest BCUT2D eigenvalue weighted by atomic mass is 79.9. The molecule has 0 spiro atoms. The zero-order chi connectivity index (χ0) is 11.8. The first-order valence-corrected chi connectivity index (χ1v) is 7.74. The van der Waals surface area contributed by atoms with E-state index in [4.69, 9.17) is 0 Å². The highest BCUT2D eigenvalue weighted by Gasteiger charge is 2.29. The fourth-order valence-corrected chi connectivity index (χ4v) is 4.05. The predicted molar refractivity (Wildman–Crippen MR) is 67.2 cm³/mol. The molecule has 88 valence electrons. The number of halogens is 1. The molecule has 0 saturated heterocycles. The third kappa shape index (κ3) is 2.17. The van der Waals surface area contributed by atoms with Gasteiger partial charge in [-0.05, 0) is 36.7 Å². The van der Waals surface area contributed by atoms with Crippen LogP contribution in [0.25, 0.3) is 0 Å². The molecule has 1 aromatic rings. The fraction of sp³-hybridized carbons (Fsp3) is 0.455. The van der Waals surface area contributed by atoms with Crippen molar-refractivity contribution in [2.24, 2.45) is 0 Å². The lowest BCUT2D eigenvalue weighted by Gasteiger charge is -2.26. The molecule has 1 atom stereocenters. The van der Waals surface area contributed by atoms with E-state index in [1.54, 1.807) is 12.1 Å². The molecule has 0 aliphatic carbocycles. The second-order valence-electron chi connectivity index (χ2n) is 3.90. The van der Waals surface area contributed by atoms with Crippen molar-refractivity contribution in [1.82, 2.24) is 5.32 Å². The van der Waals surface area contributed by atoms with Crippen LogP contribution in [-0.4, -0.2) is 20.7 Å². The topological polar surface area (TPSA) is 46.2 Å². The summed E-state index contributed by atoms with van der Waals surface area (Å²) in [5, 5.41) is 3.32. The lowest BCUT2D eigenvalue weighted by Crippen LogP contribution is -2.29. The summed E-state index contributed by atoms with van der Waals surface area (Å²) in [6.07, 6.45) is 0.652. The number of rotatable bonds is 2. The highest BCUT2D eigenvalue weighted by Crippen LogP contribution is 2.33. The van der Waals surface area contributed by atoms with E-state index in [0.29, 0.717) is 11.3 Å². The Bertz CT molecular complexity index is 499. The van der Waals surface area contributed by atoms with Crippen molar-refractivity contribution in [2.75, 3.05) is 12.3 Å². The van der Waals surface area contributed by atoms with Crippen molar-refractivity contribution in [3.05, 3.63) is 28.2 Å². The summed E-state index contributed by atoms with van der Waals surface area (Å²) in [4.78, 5) is 0.480. The fourth-order valence-electron chi connectivity index (χ4n) is 2.07. The monoisotopic (exact) mass is 303 g/mol. The Kier molecular flexibility index (Phi) is 3.37. The maximum atomic E-state index is 11.9. The minimum atomic E-state index is -3.07. The minimum absolute atomic E-state index is 0.154. The summed E-state index contributed by atoms with van der Waals surface area (Å²) in [7, 11) is -3.07. The first-order valence-electron chi connectivity index (χ1n) is 5.30. The molecule has 1 heterocycles. The van der Waals surface area contributed by atoms with E-state index in [-0.39, 0.29) is 11.8 Å². The highest BCUT2D eigenvalue weighted by molar-refractivity contribution is 9.10. The number of hydrogen-bond acceptors (Lipinski definition) is 3. The minimum Gasteiger partial charge on any atom is -0.310 e. The van der Waals surface area contributed by atoms with Crippen LogP contribution < -0.4 is 5.32 Å². The van der Waals surface area contributed by atoms with Gasteiger partial charge in [-0.25, -0.2) is 8.42 Å². The quantitative estimate of drug-likeness (QED) is 0.912. The van der Waals surface area contributed by atoms with Crippen LogP contribution in [-0.2, 0) is 9.84 Å². The molecular weight excluding hydrogens is 290 g/mol. The van der Waals surface area contributed by atoms with Crippen LogP contribution in [0.1, 0.15) is 24.9 Å². The van der Waals surface area contributed by atoms with Crippen LogP contribution in [0.15, 0.2) is 27.6 Å². The number of sulfone groups is 1. The number of benzene rings is 1.